The zero-order chi connectivity index (χ0) is 18.8. The molecule has 1 aromatic carbocycles. The van der Waals surface area contributed by atoms with Crippen molar-refractivity contribution in [3.63, 3.8) is 0 Å². The van der Waals surface area contributed by atoms with Crippen LogP contribution in [0.5, 0.6) is 0 Å². The van der Waals surface area contributed by atoms with E-state index in [9.17, 15) is 4.79 Å². The van der Waals surface area contributed by atoms with Crippen LogP contribution in [0.3, 0.4) is 0 Å². The lowest BCUT2D eigenvalue weighted by atomic mass is 10.0. The third kappa shape index (κ3) is 3.45. The van der Waals surface area contributed by atoms with Gasteiger partial charge in [0.05, 0.1) is 35.7 Å². The summed E-state index contributed by atoms with van der Waals surface area (Å²) < 4.78 is 5.73. The fraction of sp³-hybridized carbons (Fsp3) is 0.381. The van der Waals surface area contributed by atoms with E-state index < -0.39 is 0 Å². The highest BCUT2D eigenvalue weighted by atomic mass is 16.5. The molecule has 1 aliphatic rings. The Hall–Kier alpha value is -2.73. The molecule has 1 N–H and O–H groups in total. The summed E-state index contributed by atoms with van der Waals surface area (Å²) in [6.45, 7) is 6.04. The van der Waals surface area contributed by atoms with E-state index in [2.05, 4.69) is 36.2 Å². The number of amides is 1. The van der Waals surface area contributed by atoms with Crippen molar-refractivity contribution in [2.24, 2.45) is 0 Å². The number of ether oxygens (including phenoxy) is 1. The molecule has 1 atom stereocenters. The van der Waals surface area contributed by atoms with Crippen LogP contribution in [0.2, 0.25) is 0 Å². The molecule has 1 amide bonds. The predicted molar refractivity (Wildman–Crippen MR) is 105 cm³/mol. The fourth-order valence-corrected chi connectivity index (χ4v) is 3.53. The monoisotopic (exact) mass is 364 g/mol. The first kappa shape index (κ1) is 17.7. The summed E-state index contributed by atoms with van der Waals surface area (Å²) >= 11 is 0. The van der Waals surface area contributed by atoms with Crippen molar-refractivity contribution in [3.8, 4) is 11.3 Å². The highest BCUT2D eigenvalue weighted by Gasteiger charge is 2.26. The second kappa shape index (κ2) is 7.48. The van der Waals surface area contributed by atoms with Gasteiger partial charge in [-0.3, -0.25) is 9.89 Å². The number of fused-ring (bicyclic) bond motifs is 1. The number of H-pyrrole nitrogens is 1. The molecule has 3 aromatic rings. The van der Waals surface area contributed by atoms with E-state index in [0.29, 0.717) is 25.3 Å². The molecule has 0 radical (unpaired) electrons. The smallest absolute Gasteiger partial charge is 0.254 e. The van der Waals surface area contributed by atoms with Gasteiger partial charge in [-0.2, -0.15) is 5.10 Å². The number of carbonyl (C=O) groups excluding carboxylic acids is 1. The Labute approximate surface area is 158 Å². The molecule has 0 spiro atoms. The van der Waals surface area contributed by atoms with Gasteiger partial charge in [0, 0.05) is 30.2 Å². The molecule has 140 valence electrons. The van der Waals surface area contributed by atoms with Crippen LogP contribution in [0.4, 0.5) is 0 Å². The van der Waals surface area contributed by atoms with Gasteiger partial charge >= 0.3 is 0 Å². The zero-order valence-electron chi connectivity index (χ0n) is 15.7. The molecule has 4 rings (SSSR count). The molecule has 0 saturated carbocycles. The minimum absolute atomic E-state index is 0.0437. The van der Waals surface area contributed by atoms with Crippen LogP contribution in [0.25, 0.3) is 22.2 Å². The lowest BCUT2D eigenvalue weighted by Gasteiger charge is -2.32. The highest BCUT2D eigenvalue weighted by Crippen LogP contribution is 2.27. The van der Waals surface area contributed by atoms with Crippen molar-refractivity contribution in [1.29, 1.82) is 0 Å². The molecule has 0 unspecified atom stereocenters. The van der Waals surface area contributed by atoms with Gasteiger partial charge < -0.3 is 9.64 Å². The molecule has 1 aliphatic heterocycles. The number of aryl methyl sites for hydroxylation is 1. The van der Waals surface area contributed by atoms with Crippen LogP contribution >= 0.6 is 0 Å². The molecular formula is C21H24N4O2. The van der Waals surface area contributed by atoms with Gasteiger partial charge in [0.1, 0.15) is 0 Å². The number of benzene rings is 1. The molecule has 2 aromatic heterocycles. The lowest BCUT2D eigenvalue weighted by Crippen LogP contribution is -2.45. The van der Waals surface area contributed by atoms with Crippen LogP contribution in [0, 0.1) is 0 Å². The largest absolute Gasteiger partial charge is 0.375 e. The van der Waals surface area contributed by atoms with Crippen LogP contribution in [-0.2, 0) is 11.2 Å². The average molecular weight is 364 g/mol. The van der Waals surface area contributed by atoms with Crippen molar-refractivity contribution in [1.82, 2.24) is 20.1 Å². The van der Waals surface area contributed by atoms with Crippen LogP contribution in [0.1, 0.15) is 36.2 Å². The summed E-state index contributed by atoms with van der Waals surface area (Å²) in [6, 6.07) is 8.06. The van der Waals surface area contributed by atoms with Crippen molar-refractivity contribution in [2.45, 2.75) is 32.8 Å². The summed E-state index contributed by atoms with van der Waals surface area (Å²) in [5.41, 5.74) is 4.35. The Morgan fingerprint density at radius 2 is 2.22 bits per heavy atom. The summed E-state index contributed by atoms with van der Waals surface area (Å²) in [7, 11) is 0. The van der Waals surface area contributed by atoms with Crippen molar-refractivity contribution in [3.05, 3.63) is 47.8 Å². The number of aromatic nitrogens is 3. The quantitative estimate of drug-likeness (QED) is 0.770. The Bertz CT molecular complexity index is 952. The molecule has 1 saturated heterocycles. The Balaban J connectivity index is 1.82. The van der Waals surface area contributed by atoms with Crippen molar-refractivity contribution in [2.75, 3.05) is 19.7 Å². The second-order valence-electron chi connectivity index (χ2n) is 6.90. The van der Waals surface area contributed by atoms with E-state index in [1.807, 2.05) is 17.0 Å². The third-order valence-corrected chi connectivity index (χ3v) is 5.19. The maximum absolute atomic E-state index is 13.4. The summed E-state index contributed by atoms with van der Waals surface area (Å²) in [5.74, 6) is 0.0437. The molecule has 1 fully saturated rings. The molecule has 6 heteroatoms. The second-order valence-corrected chi connectivity index (χ2v) is 6.90. The van der Waals surface area contributed by atoms with Crippen LogP contribution in [-0.4, -0.2) is 51.8 Å². The highest BCUT2D eigenvalue weighted by molar-refractivity contribution is 6.07. The summed E-state index contributed by atoms with van der Waals surface area (Å²) in [5, 5.41) is 7.74. The number of rotatable bonds is 4. The van der Waals surface area contributed by atoms with Crippen LogP contribution < -0.4 is 0 Å². The number of hydrogen-bond acceptors (Lipinski definition) is 4. The standard InChI is InChI=1S/C21H24N4O2/c1-3-14-5-6-19-17(9-14)18(10-20(24-19)15-11-22-23-12-15)21(26)25-7-8-27-16(4-2)13-25/h5-6,9-12,16H,3-4,7-8,13H2,1-2H3,(H,22,23)/t16-/m0/s1. The van der Waals surface area contributed by atoms with E-state index in [4.69, 9.17) is 9.72 Å². The van der Waals surface area contributed by atoms with Crippen LogP contribution in [0.15, 0.2) is 36.7 Å². The predicted octanol–water partition coefficient (Wildman–Crippen LogP) is 3.44. The molecular weight excluding hydrogens is 340 g/mol. The van der Waals surface area contributed by atoms with Gasteiger partial charge in [0.15, 0.2) is 0 Å². The first-order valence-electron chi connectivity index (χ1n) is 9.53. The first-order valence-corrected chi connectivity index (χ1v) is 9.53. The lowest BCUT2D eigenvalue weighted by molar-refractivity contribution is -0.0225. The van der Waals surface area contributed by atoms with Crippen molar-refractivity contribution < 1.29 is 9.53 Å². The van der Waals surface area contributed by atoms with Gasteiger partial charge in [-0.05, 0) is 36.6 Å². The number of nitrogens with zero attached hydrogens (tertiary/aromatic N) is 3. The van der Waals surface area contributed by atoms with Gasteiger partial charge in [-0.25, -0.2) is 4.98 Å². The van der Waals surface area contributed by atoms with E-state index in [-0.39, 0.29) is 12.0 Å². The van der Waals surface area contributed by atoms with E-state index >= 15 is 0 Å². The number of nitrogens with one attached hydrogen (secondary N) is 1. The van der Waals surface area contributed by atoms with E-state index in [1.165, 1.54) is 5.56 Å². The SMILES string of the molecule is CCc1ccc2nc(-c3cn[nH]c3)cc(C(=O)N3CCO[C@@H](CC)C3)c2c1. The molecule has 0 bridgehead atoms. The number of pyridine rings is 1. The number of aromatic amines is 1. The maximum atomic E-state index is 13.4. The maximum Gasteiger partial charge on any atom is 0.254 e. The third-order valence-electron chi connectivity index (χ3n) is 5.19. The van der Waals surface area contributed by atoms with E-state index in [0.717, 1.165) is 35.0 Å². The summed E-state index contributed by atoms with van der Waals surface area (Å²) in [6.07, 6.45) is 5.45. The van der Waals surface area contributed by atoms with Gasteiger partial charge in [0.25, 0.3) is 5.91 Å². The molecule has 0 aliphatic carbocycles. The first-order chi connectivity index (χ1) is 13.2. The summed E-state index contributed by atoms with van der Waals surface area (Å²) in [4.78, 5) is 20.1. The van der Waals surface area contributed by atoms with Gasteiger partial charge in [-0.1, -0.05) is 19.9 Å². The molecule has 6 nitrogen and oxygen atoms in total. The average Bonchev–Trinajstić information content (AvgIpc) is 3.27. The zero-order valence-corrected chi connectivity index (χ0v) is 15.7. The topological polar surface area (TPSA) is 71.1 Å². The van der Waals surface area contributed by atoms with Gasteiger partial charge in [-0.15, -0.1) is 0 Å². The Morgan fingerprint density at radius 3 is 2.96 bits per heavy atom. The number of carbonyl (C=O) groups is 1. The normalized spacial score (nSPS) is 17.4. The minimum atomic E-state index is 0.0437. The van der Waals surface area contributed by atoms with Crippen molar-refractivity contribution >= 4 is 16.8 Å². The fourth-order valence-electron chi connectivity index (χ4n) is 3.53. The molecule has 27 heavy (non-hydrogen) atoms. The Morgan fingerprint density at radius 1 is 1.33 bits per heavy atom. The minimum Gasteiger partial charge on any atom is -0.375 e. The Kier molecular flexibility index (Phi) is 4.90. The molecule has 3 heterocycles. The van der Waals surface area contributed by atoms with E-state index in [1.54, 1.807) is 12.4 Å². The van der Waals surface area contributed by atoms with Gasteiger partial charge in [0.2, 0.25) is 0 Å². The number of morpholine rings is 1. The number of hydrogen-bond donors (Lipinski definition) is 1.